The number of hydrogen-bond acceptors (Lipinski definition) is 2. The van der Waals surface area contributed by atoms with E-state index >= 15 is 0 Å². The molecular weight excluding hydrogens is 240 g/mol. The highest BCUT2D eigenvalue weighted by Crippen LogP contribution is 2.14. The van der Waals surface area contributed by atoms with Crippen molar-refractivity contribution in [3.63, 3.8) is 0 Å². The number of ketones is 1. The molecule has 0 saturated carbocycles. The van der Waals surface area contributed by atoms with Crippen molar-refractivity contribution in [2.24, 2.45) is 0 Å². The molecule has 0 amide bonds. The monoisotopic (exact) mass is 252 g/mol. The summed E-state index contributed by atoms with van der Waals surface area (Å²) in [5, 5.41) is 8.52. The van der Waals surface area contributed by atoms with Crippen molar-refractivity contribution < 1.29 is 14.7 Å². The average molecular weight is 253 g/mol. The van der Waals surface area contributed by atoms with Crippen LogP contribution >= 0.6 is 11.6 Å². The van der Waals surface area contributed by atoms with Crippen LogP contribution in [0.4, 0.5) is 0 Å². The van der Waals surface area contributed by atoms with Crippen LogP contribution < -0.4 is 0 Å². The summed E-state index contributed by atoms with van der Waals surface area (Å²) in [6.07, 6.45) is 2.89. The third-order valence-corrected chi connectivity index (χ3v) is 2.51. The van der Waals surface area contributed by atoms with Gasteiger partial charge in [-0.15, -0.1) is 11.6 Å². The molecule has 0 aliphatic rings. The average Bonchev–Trinajstić information content (AvgIpc) is 2.27. The molecule has 0 unspecified atom stereocenters. The molecule has 0 atom stereocenters. The Morgan fingerprint density at radius 2 is 2.12 bits per heavy atom. The minimum Gasteiger partial charge on any atom is -0.478 e. The molecule has 0 aromatic heterocycles. The number of aryl methyl sites for hydroxylation is 1. The lowest BCUT2D eigenvalue weighted by Crippen LogP contribution is -2.00. The van der Waals surface area contributed by atoms with Gasteiger partial charge in [0.05, 0.1) is 0 Å². The number of halogens is 1. The Kier molecular flexibility index (Phi) is 4.91. The highest BCUT2D eigenvalue weighted by Gasteiger charge is 2.06. The number of carboxylic acids is 1. The number of rotatable bonds is 5. The molecule has 0 fully saturated rings. The normalized spacial score (nSPS) is 10.7. The fourth-order valence-electron chi connectivity index (χ4n) is 1.43. The molecule has 1 N–H and O–H groups in total. The standard InChI is InChI=1S/C13H13ClO3/c1-9-8-11(12(15)6-7-14)3-2-10(9)4-5-13(16)17/h2-5,8H,6-7H2,1H3,(H,16,17)/b5-4+. The van der Waals surface area contributed by atoms with Crippen molar-refractivity contribution in [3.05, 3.63) is 41.0 Å². The van der Waals surface area contributed by atoms with Gasteiger partial charge in [0.15, 0.2) is 5.78 Å². The first kappa shape index (κ1) is 13.5. The molecule has 4 heteroatoms. The second-order valence-corrected chi connectivity index (χ2v) is 3.98. The predicted octanol–water partition coefficient (Wildman–Crippen LogP) is 2.90. The van der Waals surface area contributed by atoms with Gasteiger partial charge in [-0.1, -0.05) is 12.1 Å². The van der Waals surface area contributed by atoms with E-state index in [1.165, 1.54) is 6.08 Å². The summed E-state index contributed by atoms with van der Waals surface area (Å²) in [6.45, 7) is 1.83. The van der Waals surface area contributed by atoms with Gasteiger partial charge in [0.1, 0.15) is 0 Å². The maximum absolute atomic E-state index is 11.6. The topological polar surface area (TPSA) is 54.4 Å². The first-order valence-electron chi connectivity index (χ1n) is 5.15. The van der Waals surface area contributed by atoms with Crippen molar-refractivity contribution in [1.82, 2.24) is 0 Å². The Labute approximate surface area is 105 Å². The number of carbonyl (C=O) groups is 2. The van der Waals surface area contributed by atoms with E-state index in [9.17, 15) is 9.59 Å². The molecule has 1 rings (SSSR count). The molecule has 1 aromatic carbocycles. The Hall–Kier alpha value is -1.61. The first-order valence-corrected chi connectivity index (χ1v) is 5.69. The number of carbonyl (C=O) groups excluding carboxylic acids is 1. The van der Waals surface area contributed by atoms with Gasteiger partial charge in [-0.05, 0) is 30.2 Å². The summed E-state index contributed by atoms with van der Waals surface area (Å²) in [6, 6.07) is 5.16. The van der Waals surface area contributed by atoms with E-state index in [4.69, 9.17) is 16.7 Å². The van der Waals surface area contributed by atoms with E-state index in [0.717, 1.165) is 17.2 Å². The SMILES string of the molecule is Cc1cc(C(=O)CCCl)ccc1/C=C/C(=O)O. The second-order valence-electron chi connectivity index (χ2n) is 3.61. The Morgan fingerprint density at radius 1 is 1.41 bits per heavy atom. The van der Waals surface area contributed by atoms with Crippen LogP contribution in [-0.2, 0) is 4.79 Å². The summed E-state index contributed by atoms with van der Waals surface area (Å²) in [7, 11) is 0. The number of benzene rings is 1. The van der Waals surface area contributed by atoms with Gasteiger partial charge in [0.25, 0.3) is 0 Å². The molecule has 17 heavy (non-hydrogen) atoms. The molecule has 0 radical (unpaired) electrons. The van der Waals surface area contributed by atoms with E-state index in [1.54, 1.807) is 18.2 Å². The maximum atomic E-state index is 11.6. The van der Waals surface area contributed by atoms with Crippen LogP contribution in [0.15, 0.2) is 24.3 Å². The second kappa shape index (κ2) is 6.21. The molecule has 0 heterocycles. The van der Waals surface area contributed by atoms with Crippen LogP contribution in [0.5, 0.6) is 0 Å². The van der Waals surface area contributed by atoms with E-state index in [0.29, 0.717) is 17.9 Å². The predicted molar refractivity (Wildman–Crippen MR) is 67.5 cm³/mol. The van der Waals surface area contributed by atoms with Crippen molar-refractivity contribution in [2.45, 2.75) is 13.3 Å². The van der Waals surface area contributed by atoms with Crippen LogP contribution in [0.2, 0.25) is 0 Å². The molecule has 3 nitrogen and oxygen atoms in total. The zero-order valence-electron chi connectivity index (χ0n) is 9.44. The quantitative estimate of drug-likeness (QED) is 0.498. The maximum Gasteiger partial charge on any atom is 0.328 e. The number of carboxylic acid groups (broad SMARTS) is 1. The molecule has 0 spiro atoms. The summed E-state index contributed by atoms with van der Waals surface area (Å²) in [5.41, 5.74) is 2.26. The molecule has 1 aromatic rings. The molecular formula is C13H13ClO3. The third-order valence-electron chi connectivity index (χ3n) is 2.32. The van der Waals surface area contributed by atoms with Gasteiger partial charge in [-0.25, -0.2) is 4.79 Å². The van der Waals surface area contributed by atoms with E-state index in [2.05, 4.69) is 0 Å². The Morgan fingerprint density at radius 3 is 2.65 bits per heavy atom. The van der Waals surface area contributed by atoms with Gasteiger partial charge in [-0.3, -0.25) is 4.79 Å². The fourth-order valence-corrected chi connectivity index (χ4v) is 1.60. The third kappa shape index (κ3) is 4.04. The van der Waals surface area contributed by atoms with Crippen molar-refractivity contribution in [1.29, 1.82) is 0 Å². The van der Waals surface area contributed by atoms with Gasteiger partial charge in [-0.2, -0.15) is 0 Å². The zero-order valence-corrected chi connectivity index (χ0v) is 10.2. The lowest BCUT2D eigenvalue weighted by Gasteiger charge is -2.04. The Balaban J connectivity index is 2.93. The Bertz CT molecular complexity index is 464. The lowest BCUT2D eigenvalue weighted by molar-refractivity contribution is -0.131. The molecule has 0 aliphatic heterocycles. The summed E-state index contributed by atoms with van der Waals surface area (Å²) >= 11 is 5.50. The number of alkyl halides is 1. The van der Waals surface area contributed by atoms with Crippen molar-refractivity contribution in [2.75, 3.05) is 5.88 Å². The smallest absolute Gasteiger partial charge is 0.328 e. The van der Waals surface area contributed by atoms with Crippen LogP contribution in [0.3, 0.4) is 0 Å². The van der Waals surface area contributed by atoms with E-state index in [1.807, 2.05) is 6.92 Å². The van der Waals surface area contributed by atoms with Crippen LogP contribution in [0.1, 0.15) is 27.9 Å². The molecule has 0 bridgehead atoms. The van der Waals surface area contributed by atoms with Crippen molar-refractivity contribution in [3.8, 4) is 0 Å². The molecule has 0 aliphatic carbocycles. The summed E-state index contributed by atoms with van der Waals surface area (Å²) in [4.78, 5) is 22.0. The van der Waals surface area contributed by atoms with E-state index in [-0.39, 0.29) is 5.78 Å². The van der Waals surface area contributed by atoms with Crippen LogP contribution in [0, 0.1) is 6.92 Å². The molecule has 0 saturated heterocycles. The zero-order chi connectivity index (χ0) is 12.8. The summed E-state index contributed by atoms with van der Waals surface area (Å²) < 4.78 is 0. The van der Waals surface area contributed by atoms with Crippen LogP contribution in [0.25, 0.3) is 6.08 Å². The minimum atomic E-state index is -0.994. The van der Waals surface area contributed by atoms with Gasteiger partial charge in [0, 0.05) is 23.9 Å². The first-order chi connectivity index (χ1) is 8.04. The minimum absolute atomic E-state index is 0.00290. The van der Waals surface area contributed by atoms with E-state index < -0.39 is 5.97 Å². The largest absolute Gasteiger partial charge is 0.478 e. The highest BCUT2D eigenvalue weighted by atomic mass is 35.5. The highest BCUT2D eigenvalue weighted by molar-refractivity contribution is 6.19. The fraction of sp³-hybridized carbons (Fsp3) is 0.231. The number of Topliss-reactive ketones (excluding diaryl/α,β-unsaturated/α-hetero) is 1. The molecule has 90 valence electrons. The summed E-state index contributed by atoms with van der Waals surface area (Å²) in [5.74, 6) is -0.693. The van der Waals surface area contributed by atoms with Gasteiger partial charge >= 0.3 is 5.97 Å². The number of hydrogen-bond donors (Lipinski definition) is 1. The van der Waals surface area contributed by atoms with Crippen molar-refractivity contribution >= 4 is 29.4 Å². The lowest BCUT2D eigenvalue weighted by atomic mass is 10.0. The van der Waals surface area contributed by atoms with Crippen LogP contribution in [-0.4, -0.2) is 22.7 Å². The van der Waals surface area contributed by atoms with Gasteiger partial charge in [0.2, 0.25) is 0 Å². The van der Waals surface area contributed by atoms with Gasteiger partial charge < -0.3 is 5.11 Å². The number of aliphatic carboxylic acids is 1.